The van der Waals surface area contributed by atoms with Crippen molar-refractivity contribution in [2.45, 2.75) is 13.0 Å². The fourth-order valence-corrected chi connectivity index (χ4v) is 2.21. The van der Waals surface area contributed by atoms with Gasteiger partial charge < -0.3 is 5.32 Å². The molecule has 1 heterocycles. The highest BCUT2D eigenvalue weighted by Gasteiger charge is 2.14. The molecule has 1 fully saturated rings. The Kier molecular flexibility index (Phi) is 4.17. The van der Waals surface area contributed by atoms with Crippen LogP contribution in [0.3, 0.4) is 0 Å². The van der Waals surface area contributed by atoms with Crippen molar-refractivity contribution in [1.29, 1.82) is 0 Å². The van der Waals surface area contributed by atoms with Gasteiger partial charge in [0.15, 0.2) is 0 Å². The van der Waals surface area contributed by atoms with E-state index in [1.54, 1.807) is 0 Å². The Morgan fingerprint density at radius 2 is 2.06 bits per heavy atom. The third-order valence-corrected chi connectivity index (χ3v) is 3.38. The Balaban J connectivity index is 1.97. The summed E-state index contributed by atoms with van der Waals surface area (Å²) in [7, 11) is 0. The smallest absolute Gasteiger partial charge is 0.234 e. The second kappa shape index (κ2) is 5.63. The molecule has 0 atom stereocenters. The Morgan fingerprint density at radius 1 is 1.31 bits per heavy atom. The van der Waals surface area contributed by atoms with E-state index in [-0.39, 0.29) is 5.91 Å². The Bertz CT molecular complexity index is 364. The maximum atomic E-state index is 11.4. The fourth-order valence-electron chi connectivity index (χ4n) is 1.85. The maximum absolute atomic E-state index is 11.4. The van der Waals surface area contributed by atoms with Gasteiger partial charge in [-0.1, -0.05) is 12.1 Å². The molecule has 16 heavy (non-hydrogen) atoms. The third-order valence-electron chi connectivity index (χ3n) is 2.66. The molecule has 1 aliphatic heterocycles. The van der Waals surface area contributed by atoms with Gasteiger partial charge in [-0.05, 0) is 46.7 Å². The molecule has 0 saturated carbocycles. The van der Waals surface area contributed by atoms with Gasteiger partial charge in [-0.15, -0.1) is 0 Å². The topological polar surface area (TPSA) is 32.3 Å². The standard InChI is InChI=1S/C12H15IN2O/c13-11-4-2-10(3-5-11)8-15-7-1-6-14-12(16)9-15/h2-5H,1,6-9H2,(H,14,16). The van der Waals surface area contributed by atoms with Crippen LogP contribution in [0.2, 0.25) is 0 Å². The number of nitrogens with zero attached hydrogens (tertiary/aromatic N) is 1. The van der Waals surface area contributed by atoms with E-state index in [1.807, 2.05) is 0 Å². The van der Waals surface area contributed by atoms with E-state index in [0.29, 0.717) is 6.54 Å². The molecular weight excluding hydrogens is 315 g/mol. The van der Waals surface area contributed by atoms with Crippen molar-refractivity contribution >= 4 is 28.5 Å². The van der Waals surface area contributed by atoms with Gasteiger partial charge >= 0.3 is 0 Å². The van der Waals surface area contributed by atoms with Crippen LogP contribution >= 0.6 is 22.6 Å². The SMILES string of the molecule is O=C1CN(Cc2ccc(I)cc2)CCCN1. The lowest BCUT2D eigenvalue weighted by molar-refractivity contribution is -0.121. The summed E-state index contributed by atoms with van der Waals surface area (Å²) in [5, 5.41) is 2.89. The number of hydrogen-bond acceptors (Lipinski definition) is 2. The van der Waals surface area contributed by atoms with Gasteiger partial charge in [0, 0.05) is 23.2 Å². The number of halogens is 1. The van der Waals surface area contributed by atoms with Crippen LogP contribution in [0, 0.1) is 3.57 Å². The van der Waals surface area contributed by atoms with Crippen molar-refractivity contribution in [2.24, 2.45) is 0 Å². The zero-order valence-corrected chi connectivity index (χ0v) is 11.2. The number of amides is 1. The van der Waals surface area contributed by atoms with Crippen LogP contribution in [0.5, 0.6) is 0 Å². The molecule has 0 radical (unpaired) electrons. The van der Waals surface area contributed by atoms with Crippen LogP contribution in [0.1, 0.15) is 12.0 Å². The summed E-state index contributed by atoms with van der Waals surface area (Å²) in [6, 6.07) is 8.47. The zero-order valence-electron chi connectivity index (χ0n) is 9.08. The number of nitrogens with one attached hydrogen (secondary N) is 1. The monoisotopic (exact) mass is 330 g/mol. The first-order valence-corrected chi connectivity index (χ1v) is 6.55. The van der Waals surface area contributed by atoms with Gasteiger partial charge in [0.05, 0.1) is 6.54 Å². The van der Waals surface area contributed by atoms with E-state index in [0.717, 1.165) is 26.1 Å². The molecule has 1 N–H and O–H groups in total. The molecule has 0 spiro atoms. The molecule has 1 aromatic carbocycles. The minimum atomic E-state index is 0.142. The van der Waals surface area contributed by atoms with E-state index in [9.17, 15) is 4.79 Å². The summed E-state index contributed by atoms with van der Waals surface area (Å²) in [6.07, 6.45) is 1.04. The molecule has 86 valence electrons. The van der Waals surface area contributed by atoms with Crippen molar-refractivity contribution in [3.63, 3.8) is 0 Å². The van der Waals surface area contributed by atoms with Crippen LogP contribution in [-0.2, 0) is 11.3 Å². The van der Waals surface area contributed by atoms with Crippen LogP contribution in [0.15, 0.2) is 24.3 Å². The molecule has 0 aliphatic carbocycles. The summed E-state index contributed by atoms with van der Waals surface area (Å²) in [4.78, 5) is 13.6. The van der Waals surface area contributed by atoms with Crippen molar-refractivity contribution in [1.82, 2.24) is 10.2 Å². The Morgan fingerprint density at radius 3 is 2.81 bits per heavy atom. The number of hydrogen-bond donors (Lipinski definition) is 1. The van der Waals surface area contributed by atoms with Crippen molar-refractivity contribution in [2.75, 3.05) is 19.6 Å². The van der Waals surface area contributed by atoms with E-state index in [4.69, 9.17) is 0 Å². The second-order valence-corrected chi connectivity index (χ2v) is 5.29. The molecule has 4 heteroatoms. The predicted molar refractivity (Wildman–Crippen MR) is 72.1 cm³/mol. The highest BCUT2D eigenvalue weighted by molar-refractivity contribution is 14.1. The molecule has 2 rings (SSSR count). The normalized spacial score (nSPS) is 17.9. The Labute approximate surface area is 109 Å². The summed E-state index contributed by atoms with van der Waals surface area (Å²) in [5.41, 5.74) is 1.27. The lowest BCUT2D eigenvalue weighted by Crippen LogP contribution is -2.32. The van der Waals surface area contributed by atoms with Gasteiger partial charge in [0.2, 0.25) is 5.91 Å². The third kappa shape index (κ3) is 3.45. The molecular formula is C12H15IN2O. The van der Waals surface area contributed by atoms with Crippen molar-refractivity contribution in [3.05, 3.63) is 33.4 Å². The van der Waals surface area contributed by atoms with Gasteiger partial charge in [-0.3, -0.25) is 9.69 Å². The average Bonchev–Trinajstić information content (AvgIpc) is 2.46. The molecule has 1 aliphatic rings. The summed E-state index contributed by atoms with van der Waals surface area (Å²) < 4.78 is 1.25. The van der Waals surface area contributed by atoms with Crippen LogP contribution in [0.25, 0.3) is 0 Å². The van der Waals surface area contributed by atoms with Crippen LogP contribution in [-0.4, -0.2) is 30.4 Å². The first-order valence-electron chi connectivity index (χ1n) is 5.47. The molecule has 1 amide bonds. The fraction of sp³-hybridized carbons (Fsp3) is 0.417. The van der Waals surface area contributed by atoms with Crippen molar-refractivity contribution < 1.29 is 4.79 Å². The molecule has 1 aromatic rings. The lowest BCUT2D eigenvalue weighted by Gasteiger charge is -2.18. The molecule has 3 nitrogen and oxygen atoms in total. The second-order valence-electron chi connectivity index (χ2n) is 4.04. The van der Waals surface area contributed by atoms with E-state index < -0.39 is 0 Å². The molecule has 0 aromatic heterocycles. The highest BCUT2D eigenvalue weighted by atomic mass is 127. The zero-order chi connectivity index (χ0) is 11.4. The van der Waals surface area contributed by atoms with E-state index in [1.165, 1.54) is 9.13 Å². The van der Waals surface area contributed by atoms with Gasteiger partial charge in [-0.25, -0.2) is 0 Å². The minimum Gasteiger partial charge on any atom is -0.355 e. The quantitative estimate of drug-likeness (QED) is 0.836. The summed E-state index contributed by atoms with van der Waals surface area (Å²) >= 11 is 2.30. The largest absolute Gasteiger partial charge is 0.355 e. The number of rotatable bonds is 2. The summed E-state index contributed by atoms with van der Waals surface area (Å²) in [6.45, 7) is 3.18. The van der Waals surface area contributed by atoms with Gasteiger partial charge in [0.25, 0.3) is 0 Å². The van der Waals surface area contributed by atoms with Crippen LogP contribution < -0.4 is 5.32 Å². The van der Waals surface area contributed by atoms with E-state index in [2.05, 4.69) is 57.1 Å². The first kappa shape index (κ1) is 11.9. The number of carbonyl (C=O) groups is 1. The van der Waals surface area contributed by atoms with Crippen LogP contribution in [0.4, 0.5) is 0 Å². The van der Waals surface area contributed by atoms with Crippen molar-refractivity contribution in [3.8, 4) is 0 Å². The number of benzene rings is 1. The molecule has 0 unspecified atom stereocenters. The Hall–Kier alpha value is -0.620. The highest BCUT2D eigenvalue weighted by Crippen LogP contribution is 2.10. The number of carbonyl (C=O) groups excluding carboxylic acids is 1. The van der Waals surface area contributed by atoms with E-state index >= 15 is 0 Å². The maximum Gasteiger partial charge on any atom is 0.234 e. The first-order chi connectivity index (χ1) is 7.74. The summed E-state index contributed by atoms with van der Waals surface area (Å²) in [5.74, 6) is 0.142. The molecule has 0 bridgehead atoms. The van der Waals surface area contributed by atoms with Gasteiger partial charge in [0.1, 0.15) is 0 Å². The average molecular weight is 330 g/mol. The lowest BCUT2D eigenvalue weighted by atomic mass is 10.2. The predicted octanol–water partition coefficient (Wildman–Crippen LogP) is 1.61. The molecule has 1 saturated heterocycles. The van der Waals surface area contributed by atoms with Gasteiger partial charge in [-0.2, -0.15) is 0 Å². The minimum absolute atomic E-state index is 0.142.